The van der Waals surface area contributed by atoms with Gasteiger partial charge in [-0.2, -0.15) is 0 Å². The van der Waals surface area contributed by atoms with Gasteiger partial charge in [-0.15, -0.1) is 11.3 Å². The van der Waals surface area contributed by atoms with Gasteiger partial charge in [-0.1, -0.05) is 31.0 Å². The first-order valence-corrected chi connectivity index (χ1v) is 12.5. The van der Waals surface area contributed by atoms with Crippen LogP contribution in [-0.2, 0) is 10.0 Å². The van der Waals surface area contributed by atoms with E-state index in [0.717, 1.165) is 28.5 Å². The fourth-order valence-electron chi connectivity index (χ4n) is 3.43. The molecule has 1 unspecified atom stereocenters. The number of aryl methyl sites for hydroxylation is 1. The van der Waals surface area contributed by atoms with Crippen molar-refractivity contribution in [2.75, 3.05) is 10.8 Å². The number of benzene rings is 2. The van der Waals surface area contributed by atoms with Gasteiger partial charge in [0, 0.05) is 17.3 Å². The zero-order valence-corrected chi connectivity index (χ0v) is 19.4. The third-order valence-electron chi connectivity index (χ3n) is 5.01. The fourth-order valence-corrected chi connectivity index (χ4v) is 5.84. The number of carbonyl (C=O) groups is 1. The lowest BCUT2D eigenvalue weighted by Gasteiger charge is -2.23. The normalized spacial score (nSPS) is 12.7. The summed E-state index contributed by atoms with van der Waals surface area (Å²) < 4.78 is 28.7. The summed E-state index contributed by atoms with van der Waals surface area (Å²) in [4.78, 5) is 13.4. The maximum atomic E-state index is 13.2. The molecule has 0 radical (unpaired) electrons. The van der Waals surface area contributed by atoms with Crippen LogP contribution >= 0.6 is 11.3 Å². The lowest BCUT2D eigenvalue weighted by molar-refractivity contribution is 0.0942. The Kier molecular flexibility index (Phi) is 6.83. The molecule has 0 aliphatic heterocycles. The summed E-state index contributed by atoms with van der Waals surface area (Å²) >= 11 is 1.42. The molecular weight excluding hydrogens is 416 g/mol. The molecule has 2 aromatic carbocycles. The second-order valence-electron chi connectivity index (χ2n) is 7.48. The molecule has 3 rings (SSSR count). The zero-order chi connectivity index (χ0) is 21.9. The van der Waals surface area contributed by atoms with E-state index in [-0.39, 0.29) is 16.8 Å². The van der Waals surface area contributed by atoms with E-state index in [1.54, 1.807) is 30.3 Å². The van der Waals surface area contributed by atoms with E-state index >= 15 is 0 Å². The van der Waals surface area contributed by atoms with Crippen molar-refractivity contribution < 1.29 is 13.2 Å². The van der Waals surface area contributed by atoms with Gasteiger partial charge in [0.1, 0.15) is 0 Å². The third-order valence-corrected chi connectivity index (χ3v) is 8.04. The summed E-state index contributed by atoms with van der Waals surface area (Å²) in [5.74, 6) is -0.0849. The van der Waals surface area contributed by atoms with Gasteiger partial charge in [-0.05, 0) is 69.0 Å². The molecule has 0 saturated heterocycles. The lowest BCUT2D eigenvalue weighted by Crippen LogP contribution is -2.31. The molecule has 7 heteroatoms. The average molecular weight is 445 g/mol. The molecule has 0 saturated carbocycles. The van der Waals surface area contributed by atoms with Crippen molar-refractivity contribution in [1.29, 1.82) is 0 Å². The van der Waals surface area contributed by atoms with Crippen molar-refractivity contribution >= 4 is 43.0 Å². The van der Waals surface area contributed by atoms with Gasteiger partial charge in [0.15, 0.2) is 0 Å². The van der Waals surface area contributed by atoms with Crippen molar-refractivity contribution in [3.8, 4) is 0 Å². The highest BCUT2D eigenvalue weighted by Crippen LogP contribution is 2.32. The summed E-state index contributed by atoms with van der Waals surface area (Å²) in [5, 5.41) is 3.89. The molecule has 5 nitrogen and oxygen atoms in total. The Morgan fingerprint density at radius 1 is 1.10 bits per heavy atom. The number of carbonyl (C=O) groups excluding carboxylic acids is 1. The molecule has 0 aliphatic carbocycles. The van der Waals surface area contributed by atoms with Crippen LogP contribution in [0.15, 0.2) is 53.4 Å². The molecule has 1 aromatic heterocycles. The molecule has 1 heterocycles. The Hall–Kier alpha value is -2.38. The second-order valence-corrected chi connectivity index (χ2v) is 10.4. The van der Waals surface area contributed by atoms with E-state index in [4.69, 9.17) is 0 Å². The van der Waals surface area contributed by atoms with Crippen LogP contribution in [0, 0.1) is 6.92 Å². The van der Waals surface area contributed by atoms with E-state index in [1.165, 1.54) is 15.6 Å². The number of rotatable bonds is 8. The molecule has 1 atom stereocenters. The molecule has 1 N–H and O–H groups in total. The van der Waals surface area contributed by atoms with Gasteiger partial charge in [-0.25, -0.2) is 8.42 Å². The summed E-state index contributed by atoms with van der Waals surface area (Å²) in [5.41, 5.74) is 1.60. The van der Waals surface area contributed by atoms with Crippen LogP contribution in [0.5, 0.6) is 0 Å². The van der Waals surface area contributed by atoms with Crippen LogP contribution in [0.4, 0.5) is 5.69 Å². The molecule has 0 aliphatic rings. The van der Waals surface area contributed by atoms with E-state index in [0.29, 0.717) is 17.1 Å². The number of nitrogens with one attached hydrogen (secondary N) is 1. The quantitative estimate of drug-likeness (QED) is 0.510. The highest BCUT2D eigenvalue weighted by atomic mass is 32.2. The standard InChI is InChI=1S/C23H28N2O3S2/c1-5-7-17(4)24-23(26)22-15-18-14-19(10-13-21(18)29-22)25(6-2)30(27,28)20-11-8-16(3)9-12-20/h8-15,17H,5-7H2,1-4H3,(H,24,26). The Labute approximate surface area is 182 Å². The molecule has 160 valence electrons. The predicted octanol–water partition coefficient (Wildman–Crippen LogP) is 5.34. The topological polar surface area (TPSA) is 66.5 Å². The minimum absolute atomic E-state index is 0.0849. The Bertz CT molecular complexity index is 1130. The first-order valence-electron chi connectivity index (χ1n) is 10.2. The number of thiophene rings is 1. The van der Waals surface area contributed by atoms with Crippen molar-refractivity contribution in [3.63, 3.8) is 0 Å². The number of anilines is 1. The lowest BCUT2D eigenvalue weighted by atomic mass is 10.2. The average Bonchev–Trinajstić information content (AvgIpc) is 3.12. The SMILES string of the molecule is CCCC(C)NC(=O)c1cc2cc(N(CC)S(=O)(=O)c3ccc(C)cc3)ccc2s1. The van der Waals surface area contributed by atoms with Crippen LogP contribution in [0.2, 0.25) is 0 Å². The summed E-state index contributed by atoms with van der Waals surface area (Å²) in [6.07, 6.45) is 1.95. The maximum absolute atomic E-state index is 13.2. The number of hydrogen-bond acceptors (Lipinski definition) is 4. The first-order chi connectivity index (χ1) is 14.3. The second kappa shape index (κ2) is 9.18. The number of fused-ring (bicyclic) bond motifs is 1. The van der Waals surface area contributed by atoms with Crippen LogP contribution in [0.25, 0.3) is 10.1 Å². The smallest absolute Gasteiger partial charge is 0.264 e. The van der Waals surface area contributed by atoms with E-state index in [1.807, 2.05) is 39.0 Å². The van der Waals surface area contributed by atoms with E-state index < -0.39 is 10.0 Å². The van der Waals surface area contributed by atoms with Gasteiger partial charge in [0.25, 0.3) is 15.9 Å². The molecule has 0 spiro atoms. The van der Waals surface area contributed by atoms with Crippen molar-refractivity contribution in [1.82, 2.24) is 5.32 Å². The van der Waals surface area contributed by atoms with Crippen molar-refractivity contribution in [2.24, 2.45) is 0 Å². The fraction of sp³-hybridized carbons (Fsp3) is 0.348. The number of amides is 1. The van der Waals surface area contributed by atoms with Crippen LogP contribution in [-0.4, -0.2) is 26.9 Å². The van der Waals surface area contributed by atoms with Gasteiger partial charge in [0.05, 0.1) is 15.5 Å². The van der Waals surface area contributed by atoms with Gasteiger partial charge >= 0.3 is 0 Å². The van der Waals surface area contributed by atoms with Crippen LogP contribution in [0.3, 0.4) is 0 Å². The highest BCUT2D eigenvalue weighted by molar-refractivity contribution is 7.92. The summed E-state index contributed by atoms with van der Waals surface area (Å²) in [6.45, 7) is 8.15. The summed E-state index contributed by atoms with van der Waals surface area (Å²) in [6, 6.07) is 14.4. The van der Waals surface area contributed by atoms with E-state index in [2.05, 4.69) is 12.2 Å². The Morgan fingerprint density at radius 3 is 2.43 bits per heavy atom. The predicted molar refractivity (Wildman–Crippen MR) is 125 cm³/mol. The van der Waals surface area contributed by atoms with Crippen LogP contribution < -0.4 is 9.62 Å². The number of hydrogen-bond donors (Lipinski definition) is 1. The molecular formula is C23H28N2O3S2. The largest absolute Gasteiger partial charge is 0.349 e. The Morgan fingerprint density at radius 2 is 1.80 bits per heavy atom. The third kappa shape index (κ3) is 4.68. The first kappa shape index (κ1) is 22.3. The molecule has 0 bridgehead atoms. The zero-order valence-electron chi connectivity index (χ0n) is 17.8. The highest BCUT2D eigenvalue weighted by Gasteiger charge is 2.24. The van der Waals surface area contributed by atoms with Crippen molar-refractivity contribution in [2.45, 2.75) is 51.5 Å². The maximum Gasteiger partial charge on any atom is 0.264 e. The summed E-state index contributed by atoms with van der Waals surface area (Å²) in [7, 11) is -3.66. The molecule has 3 aromatic rings. The van der Waals surface area contributed by atoms with Gasteiger partial charge < -0.3 is 5.32 Å². The van der Waals surface area contributed by atoms with Crippen molar-refractivity contribution in [3.05, 3.63) is 59.0 Å². The minimum Gasteiger partial charge on any atom is -0.349 e. The monoisotopic (exact) mass is 444 g/mol. The van der Waals surface area contributed by atoms with Crippen LogP contribution in [0.1, 0.15) is 48.8 Å². The van der Waals surface area contributed by atoms with E-state index in [9.17, 15) is 13.2 Å². The minimum atomic E-state index is -3.66. The van der Waals surface area contributed by atoms with Gasteiger partial charge in [-0.3, -0.25) is 9.10 Å². The Balaban J connectivity index is 1.91. The molecule has 0 fully saturated rings. The molecule has 1 amide bonds. The number of nitrogens with zero attached hydrogens (tertiary/aromatic N) is 1. The molecule has 30 heavy (non-hydrogen) atoms. The number of sulfonamides is 1. The van der Waals surface area contributed by atoms with Gasteiger partial charge in [0.2, 0.25) is 0 Å².